The molecule has 0 heterocycles. The number of thiocarbonyl (C=S) groups is 1. The summed E-state index contributed by atoms with van der Waals surface area (Å²) in [5, 5.41) is 0. The topological polar surface area (TPSA) is 26.0 Å². The zero-order chi connectivity index (χ0) is 3.58. The first-order valence-electron chi connectivity index (χ1n) is 0.993. The number of nitrogens with two attached hydrogens (primary N) is 1. The molecule has 0 amide bonds. The molecular formula is C2H5NS2. The van der Waals surface area contributed by atoms with Crippen LogP contribution in [0, 0.1) is 0 Å². The van der Waals surface area contributed by atoms with Gasteiger partial charge in [-0.15, -0.1) is 0 Å². The van der Waals surface area contributed by atoms with E-state index in [1.807, 2.05) is 0 Å². The van der Waals surface area contributed by atoms with Crippen LogP contribution in [0.2, 0.25) is 0 Å². The van der Waals surface area contributed by atoms with Gasteiger partial charge in [0.25, 0.3) is 0 Å². The van der Waals surface area contributed by atoms with Crippen molar-refractivity contribution in [3.05, 3.63) is 0 Å². The minimum Gasteiger partial charge on any atom is -0.394 e. The summed E-state index contributed by atoms with van der Waals surface area (Å²) in [6.45, 7) is 1.68. The fraction of sp³-hybridized carbons (Fsp3) is 0.500. The standard InChI is InChI=1S/C2H5NS.S/c1-2(3)4;/h1H3,(H2,3,4);. The molecule has 0 bridgehead atoms. The van der Waals surface area contributed by atoms with E-state index in [0.717, 1.165) is 0 Å². The minimum absolute atomic E-state index is 0. The number of rotatable bonds is 0. The average Bonchev–Trinajstić information content (AvgIpc) is 0.811. The van der Waals surface area contributed by atoms with Crippen LogP contribution >= 0.6 is 25.7 Å². The van der Waals surface area contributed by atoms with Crippen molar-refractivity contribution in [1.29, 1.82) is 0 Å². The predicted octanol–water partition coefficient (Wildman–Crippen LogP) is 0.941. The van der Waals surface area contributed by atoms with Crippen molar-refractivity contribution in [2.45, 2.75) is 6.92 Å². The van der Waals surface area contributed by atoms with Gasteiger partial charge in [-0.2, -0.15) is 0 Å². The molecule has 2 N–H and O–H groups in total. The highest BCUT2D eigenvalue weighted by Crippen LogP contribution is 1.48. The smallest absolute Gasteiger partial charge is 0.0695 e. The third-order valence-electron chi connectivity index (χ3n) is 0. The molecule has 2 radical (unpaired) electrons. The van der Waals surface area contributed by atoms with E-state index < -0.39 is 0 Å². The molecule has 0 saturated carbocycles. The van der Waals surface area contributed by atoms with E-state index in [9.17, 15) is 0 Å². The van der Waals surface area contributed by atoms with Gasteiger partial charge in [0.1, 0.15) is 0 Å². The van der Waals surface area contributed by atoms with Crippen molar-refractivity contribution in [3.8, 4) is 0 Å². The van der Waals surface area contributed by atoms with Crippen LogP contribution in [-0.4, -0.2) is 4.99 Å². The molecule has 3 heteroatoms. The molecule has 0 aromatic heterocycles. The molecule has 30 valence electrons. The summed E-state index contributed by atoms with van der Waals surface area (Å²) in [7, 11) is 0. The van der Waals surface area contributed by atoms with Gasteiger partial charge in [0.15, 0.2) is 0 Å². The van der Waals surface area contributed by atoms with Crippen molar-refractivity contribution >= 4 is 30.7 Å². The lowest BCUT2D eigenvalue weighted by Crippen LogP contribution is -1.98. The molecule has 0 aliphatic rings. The molecule has 5 heavy (non-hydrogen) atoms. The van der Waals surface area contributed by atoms with Gasteiger partial charge in [-0.25, -0.2) is 0 Å². The fourth-order valence-electron chi connectivity index (χ4n) is 0. The van der Waals surface area contributed by atoms with Crippen LogP contribution in [0.4, 0.5) is 0 Å². The van der Waals surface area contributed by atoms with E-state index >= 15 is 0 Å². The molecular weight excluding hydrogens is 102 g/mol. The van der Waals surface area contributed by atoms with Gasteiger partial charge in [0.05, 0.1) is 4.99 Å². The molecule has 0 aromatic carbocycles. The van der Waals surface area contributed by atoms with Crippen LogP contribution in [0.1, 0.15) is 6.92 Å². The lowest BCUT2D eigenvalue weighted by molar-refractivity contribution is 1.73. The molecule has 0 aliphatic carbocycles. The zero-order valence-corrected chi connectivity index (χ0v) is 4.53. The summed E-state index contributed by atoms with van der Waals surface area (Å²) in [4.78, 5) is 0.500. The molecule has 0 spiro atoms. The van der Waals surface area contributed by atoms with Crippen LogP contribution < -0.4 is 5.73 Å². The Morgan fingerprint density at radius 3 is 1.80 bits per heavy atom. The highest BCUT2D eigenvalue weighted by atomic mass is 32.1. The number of hydrogen-bond acceptors (Lipinski definition) is 1. The van der Waals surface area contributed by atoms with Gasteiger partial charge < -0.3 is 5.73 Å². The quantitative estimate of drug-likeness (QED) is 0.466. The monoisotopic (exact) mass is 107 g/mol. The Kier molecular flexibility index (Phi) is 7.61. The molecule has 0 fully saturated rings. The average molecular weight is 107 g/mol. The van der Waals surface area contributed by atoms with Gasteiger partial charge in [-0.05, 0) is 6.92 Å². The van der Waals surface area contributed by atoms with Crippen LogP contribution in [0.15, 0.2) is 0 Å². The maximum atomic E-state index is 4.84. The Labute approximate surface area is 44.0 Å². The van der Waals surface area contributed by atoms with Gasteiger partial charge in [-0.3, -0.25) is 0 Å². The first kappa shape index (κ1) is 8.97. The van der Waals surface area contributed by atoms with E-state index in [0.29, 0.717) is 4.99 Å². The van der Waals surface area contributed by atoms with Crippen molar-refractivity contribution < 1.29 is 0 Å². The van der Waals surface area contributed by atoms with E-state index in [-0.39, 0.29) is 13.5 Å². The molecule has 0 saturated heterocycles. The van der Waals surface area contributed by atoms with Crippen LogP contribution in [0.5, 0.6) is 0 Å². The Morgan fingerprint density at radius 2 is 1.80 bits per heavy atom. The minimum atomic E-state index is 0. The number of hydrogen-bond donors (Lipinski definition) is 1. The fourth-order valence-corrected chi connectivity index (χ4v) is 0. The second-order valence-corrected chi connectivity index (χ2v) is 1.25. The Bertz CT molecular complexity index is 30.6. The van der Waals surface area contributed by atoms with Gasteiger partial charge >= 0.3 is 0 Å². The molecule has 0 aromatic rings. The van der Waals surface area contributed by atoms with Crippen molar-refractivity contribution in [2.75, 3.05) is 0 Å². The molecule has 0 atom stereocenters. The summed E-state index contributed by atoms with van der Waals surface area (Å²) in [5.41, 5.74) is 4.84. The highest BCUT2D eigenvalue weighted by molar-refractivity contribution is 7.80. The van der Waals surface area contributed by atoms with E-state index in [2.05, 4.69) is 12.2 Å². The Morgan fingerprint density at radius 1 is 1.80 bits per heavy atom. The Hall–Kier alpha value is 0.240. The molecule has 0 rings (SSSR count). The first-order chi connectivity index (χ1) is 1.73. The third kappa shape index (κ3) is 369. The lowest BCUT2D eigenvalue weighted by atomic mass is 10.8. The molecule has 0 unspecified atom stereocenters. The van der Waals surface area contributed by atoms with Crippen molar-refractivity contribution in [3.63, 3.8) is 0 Å². The van der Waals surface area contributed by atoms with E-state index in [4.69, 9.17) is 5.73 Å². The van der Waals surface area contributed by atoms with Crippen molar-refractivity contribution in [1.82, 2.24) is 0 Å². The third-order valence-corrected chi connectivity index (χ3v) is 0. The first-order valence-corrected chi connectivity index (χ1v) is 1.40. The van der Waals surface area contributed by atoms with E-state index in [1.165, 1.54) is 0 Å². The second-order valence-electron chi connectivity index (χ2n) is 0.611. The normalized spacial score (nSPS) is 5.00. The van der Waals surface area contributed by atoms with Gasteiger partial charge in [-0.1, -0.05) is 12.2 Å². The highest BCUT2D eigenvalue weighted by Gasteiger charge is 1.54. The second kappa shape index (κ2) is 4.24. The zero-order valence-electron chi connectivity index (χ0n) is 2.89. The summed E-state index contributed by atoms with van der Waals surface area (Å²) in [5.74, 6) is 0. The summed E-state index contributed by atoms with van der Waals surface area (Å²) < 4.78 is 0. The molecule has 1 nitrogen and oxygen atoms in total. The summed E-state index contributed by atoms with van der Waals surface area (Å²) in [6.07, 6.45) is 0. The van der Waals surface area contributed by atoms with Crippen LogP contribution in [0.25, 0.3) is 0 Å². The van der Waals surface area contributed by atoms with Gasteiger partial charge in [0, 0.05) is 13.5 Å². The molecule has 0 aliphatic heterocycles. The maximum absolute atomic E-state index is 4.84. The predicted molar refractivity (Wildman–Crippen MR) is 30.1 cm³/mol. The van der Waals surface area contributed by atoms with Crippen LogP contribution in [-0.2, 0) is 0 Å². The Balaban J connectivity index is 0. The van der Waals surface area contributed by atoms with Gasteiger partial charge in [0.2, 0.25) is 0 Å². The summed E-state index contributed by atoms with van der Waals surface area (Å²) in [6, 6.07) is 0. The largest absolute Gasteiger partial charge is 0.394 e. The summed E-state index contributed by atoms with van der Waals surface area (Å²) >= 11 is 4.31. The van der Waals surface area contributed by atoms with E-state index in [1.54, 1.807) is 6.92 Å². The maximum Gasteiger partial charge on any atom is 0.0695 e. The SMILES string of the molecule is CC(N)=S.[S]. The lowest BCUT2D eigenvalue weighted by Gasteiger charge is -1.65. The van der Waals surface area contributed by atoms with Crippen molar-refractivity contribution in [2.24, 2.45) is 5.73 Å². The van der Waals surface area contributed by atoms with Crippen LogP contribution in [0.3, 0.4) is 0 Å².